The Labute approximate surface area is 68.8 Å². The van der Waals surface area contributed by atoms with Gasteiger partial charge in [0.2, 0.25) is 0 Å². The Hall–Kier alpha value is -0.780. The smallest absolute Gasteiger partial charge is 0.0652 e. The predicted molar refractivity (Wildman–Crippen MR) is 47.3 cm³/mol. The van der Waals surface area contributed by atoms with E-state index in [4.69, 9.17) is 4.74 Å². The second-order valence-corrected chi connectivity index (χ2v) is 2.42. The minimum absolute atomic E-state index is 0.636. The number of rotatable bonds is 3. The Kier molecular flexibility index (Phi) is 6.81. The molecule has 0 aromatic rings. The van der Waals surface area contributed by atoms with Crippen molar-refractivity contribution in [3.63, 3.8) is 0 Å². The molecular formula is C9H15NO. The molecule has 0 aliphatic heterocycles. The molecule has 0 fully saturated rings. The van der Waals surface area contributed by atoms with Crippen LogP contribution in [0.4, 0.5) is 0 Å². The van der Waals surface area contributed by atoms with E-state index in [1.165, 1.54) is 0 Å². The maximum absolute atomic E-state index is 4.80. The highest BCUT2D eigenvalue weighted by Crippen LogP contribution is 1.73. The zero-order valence-electron chi connectivity index (χ0n) is 7.42. The van der Waals surface area contributed by atoms with Crippen molar-refractivity contribution < 1.29 is 4.74 Å². The van der Waals surface area contributed by atoms with Crippen LogP contribution in [0.3, 0.4) is 0 Å². The molecule has 0 aromatic heterocycles. The Morgan fingerprint density at radius 3 is 2.73 bits per heavy atom. The van der Waals surface area contributed by atoms with Gasteiger partial charge >= 0.3 is 0 Å². The van der Waals surface area contributed by atoms with E-state index in [0.29, 0.717) is 6.61 Å². The van der Waals surface area contributed by atoms with Crippen LogP contribution in [-0.4, -0.2) is 39.3 Å². The number of hydrogen-bond donors (Lipinski definition) is 0. The summed E-state index contributed by atoms with van der Waals surface area (Å²) in [6.07, 6.45) is 3.70. The van der Waals surface area contributed by atoms with Gasteiger partial charge in [0.15, 0.2) is 0 Å². The summed E-state index contributed by atoms with van der Waals surface area (Å²) < 4.78 is 4.80. The molecule has 2 nitrogen and oxygen atoms in total. The van der Waals surface area contributed by atoms with Crippen molar-refractivity contribution in [3.05, 3.63) is 12.2 Å². The van der Waals surface area contributed by atoms with Gasteiger partial charge < -0.3 is 4.74 Å². The Morgan fingerprint density at radius 1 is 1.45 bits per heavy atom. The van der Waals surface area contributed by atoms with E-state index < -0.39 is 0 Å². The average molecular weight is 153 g/mol. The van der Waals surface area contributed by atoms with Crippen molar-refractivity contribution in [1.82, 2.24) is 4.90 Å². The van der Waals surface area contributed by atoms with E-state index in [9.17, 15) is 0 Å². The van der Waals surface area contributed by atoms with Gasteiger partial charge in [-0.15, -0.1) is 0 Å². The summed E-state index contributed by atoms with van der Waals surface area (Å²) >= 11 is 0. The van der Waals surface area contributed by atoms with E-state index in [2.05, 4.69) is 11.8 Å². The first-order valence-corrected chi connectivity index (χ1v) is 3.54. The molecule has 2 heteroatoms. The molecule has 0 N–H and O–H groups in total. The Bertz CT molecular complexity index is 162. The third-order valence-electron chi connectivity index (χ3n) is 0.961. The van der Waals surface area contributed by atoms with Gasteiger partial charge in [-0.05, 0) is 20.2 Å². The summed E-state index contributed by atoms with van der Waals surface area (Å²) in [7, 11) is 5.65. The molecule has 0 aromatic carbocycles. The summed E-state index contributed by atoms with van der Waals surface area (Å²) in [6.45, 7) is 1.44. The van der Waals surface area contributed by atoms with Crippen LogP contribution in [0, 0.1) is 11.8 Å². The average Bonchev–Trinajstić information content (AvgIpc) is 1.96. The summed E-state index contributed by atoms with van der Waals surface area (Å²) in [5, 5.41) is 0. The van der Waals surface area contributed by atoms with Gasteiger partial charge in [-0.3, -0.25) is 4.90 Å². The summed E-state index contributed by atoms with van der Waals surface area (Å²) in [5.74, 6) is 5.88. The van der Waals surface area contributed by atoms with Gasteiger partial charge in [0, 0.05) is 7.11 Å². The van der Waals surface area contributed by atoms with Crippen molar-refractivity contribution in [2.75, 3.05) is 34.4 Å². The van der Waals surface area contributed by atoms with Crippen LogP contribution in [0.15, 0.2) is 12.2 Å². The molecule has 62 valence electrons. The molecule has 0 unspecified atom stereocenters. The van der Waals surface area contributed by atoms with Gasteiger partial charge in [0.1, 0.15) is 0 Å². The highest BCUT2D eigenvalue weighted by molar-refractivity contribution is 5.15. The molecule has 0 bridgehead atoms. The molecule has 0 aliphatic carbocycles. The molecule has 0 heterocycles. The first-order valence-electron chi connectivity index (χ1n) is 3.54. The Balaban J connectivity index is 3.39. The van der Waals surface area contributed by atoms with Crippen molar-refractivity contribution in [2.45, 2.75) is 0 Å². The monoisotopic (exact) mass is 153 g/mol. The molecule has 0 atom stereocenters. The third kappa shape index (κ3) is 9.22. The summed E-state index contributed by atoms with van der Waals surface area (Å²) in [5.41, 5.74) is 0. The Morgan fingerprint density at radius 2 is 2.18 bits per heavy atom. The number of hydrogen-bond acceptors (Lipinski definition) is 2. The molecule has 0 spiro atoms. The molecule has 0 radical (unpaired) electrons. The quantitative estimate of drug-likeness (QED) is 0.555. The van der Waals surface area contributed by atoms with Crippen molar-refractivity contribution in [1.29, 1.82) is 0 Å². The van der Waals surface area contributed by atoms with E-state index in [1.807, 2.05) is 31.1 Å². The number of allylic oxidation sites excluding steroid dienone is 1. The molecule has 0 amide bonds. The topological polar surface area (TPSA) is 12.5 Å². The zero-order chi connectivity index (χ0) is 8.53. The third-order valence-corrected chi connectivity index (χ3v) is 0.961. The number of ether oxygens (including phenoxy) is 1. The molecule has 0 saturated carbocycles. The van der Waals surface area contributed by atoms with Crippen LogP contribution in [0.5, 0.6) is 0 Å². The maximum Gasteiger partial charge on any atom is 0.0652 e. The fourth-order valence-electron chi connectivity index (χ4n) is 0.466. The van der Waals surface area contributed by atoms with Crippen LogP contribution in [0.1, 0.15) is 0 Å². The summed E-state index contributed by atoms with van der Waals surface area (Å²) in [4.78, 5) is 2.02. The second kappa shape index (κ2) is 7.33. The van der Waals surface area contributed by atoms with Gasteiger partial charge in [0.25, 0.3) is 0 Å². The van der Waals surface area contributed by atoms with Crippen LogP contribution in [-0.2, 0) is 4.74 Å². The largest absolute Gasteiger partial charge is 0.381 e. The molecule has 0 saturated heterocycles. The highest BCUT2D eigenvalue weighted by Gasteiger charge is 1.78. The van der Waals surface area contributed by atoms with Crippen LogP contribution < -0.4 is 0 Å². The lowest BCUT2D eigenvalue weighted by molar-refractivity contribution is 0.234. The minimum Gasteiger partial charge on any atom is -0.381 e. The fraction of sp³-hybridized carbons (Fsp3) is 0.556. The SMILES string of the molecule is COC/C=C/C#CCN(C)C. The van der Waals surface area contributed by atoms with Gasteiger partial charge in [-0.2, -0.15) is 0 Å². The lowest BCUT2D eigenvalue weighted by atomic mass is 10.5. The first-order chi connectivity index (χ1) is 5.27. The second-order valence-electron chi connectivity index (χ2n) is 2.42. The highest BCUT2D eigenvalue weighted by atomic mass is 16.5. The maximum atomic E-state index is 4.80. The van der Waals surface area contributed by atoms with E-state index in [1.54, 1.807) is 7.11 Å². The van der Waals surface area contributed by atoms with Gasteiger partial charge in [0.05, 0.1) is 13.2 Å². The zero-order valence-corrected chi connectivity index (χ0v) is 7.42. The lowest BCUT2D eigenvalue weighted by Crippen LogP contribution is -2.10. The van der Waals surface area contributed by atoms with E-state index in [0.717, 1.165) is 6.54 Å². The van der Waals surface area contributed by atoms with Crippen LogP contribution >= 0.6 is 0 Å². The molecule has 11 heavy (non-hydrogen) atoms. The number of methoxy groups -OCH3 is 1. The number of nitrogens with zero attached hydrogens (tertiary/aromatic N) is 1. The summed E-state index contributed by atoms with van der Waals surface area (Å²) in [6, 6.07) is 0. The van der Waals surface area contributed by atoms with Crippen molar-refractivity contribution in [2.24, 2.45) is 0 Å². The van der Waals surface area contributed by atoms with Gasteiger partial charge in [-0.25, -0.2) is 0 Å². The lowest BCUT2D eigenvalue weighted by Gasteiger charge is -2.00. The first kappa shape index (κ1) is 10.2. The predicted octanol–water partition coefficient (Wildman–Crippen LogP) is 0.754. The van der Waals surface area contributed by atoms with E-state index >= 15 is 0 Å². The van der Waals surface area contributed by atoms with E-state index in [-0.39, 0.29) is 0 Å². The van der Waals surface area contributed by atoms with Crippen molar-refractivity contribution in [3.8, 4) is 11.8 Å². The van der Waals surface area contributed by atoms with Crippen molar-refractivity contribution >= 4 is 0 Å². The van der Waals surface area contributed by atoms with Crippen LogP contribution in [0.25, 0.3) is 0 Å². The fourth-order valence-corrected chi connectivity index (χ4v) is 0.466. The van der Waals surface area contributed by atoms with Gasteiger partial charge in [-0.1, -0.05) is 17.9 Å². The normalized spacial score (nSPS) is 10.2. The molecule has 0 aliphatic rings. The minimum atomic E-state index is 0.636. The standard InChI is InChI=1S/C9H15NO/c1-10(2)8-6-4-5-7-9-11-3/h5,7H,8-9H2,1-3H3/b7-5+. The molecule has 0 rings (SSSR count). The van der Waals surface area contributed by atoms with Crippen LogP contribution in [0.2, 0.25) is 0 Å². The molecular weight excluding hydrogens is 138 g/mol.